The zero-order valence-corrected chi connectivity index (χ0v) is 19.1. The summed E-state index contributed by atoms with van der Waals surface area (Å²) in [4.78, 5) is 24.6. The van der Waals surface area contributed by atoms with E-state index in [4.69, 9.17) is 14.7 Å². The number of benzene rings is 2. The van der Waals surface area contributed by atoms with E-state index in [1.165, 1.54) is 29.6 Å². The van der Waals surface area contributed by atoms with E-state index in [2.05, 4.69) is 5.32 Å². The summed E-state index contributed by atoms with van der Waals surface area (Å²) in [5, 5.41) is 11.6. The first-order valence-corrected chi connectivity index (χ1v) is 11.9. The molecule has 1 saturated heterocycles. The number of nitrogens with one attached hydrogen (secondary N) is 1. The van der Waals surface area contributed by atoms with E-state index in [9.17, 15) is 18.0 Å². The molecule has 2 aromatic carbocycles. The Labute approximate surface area is 193 Å². The second-order valence-corrected chi connectivity index (χ2v) is 9.37. The van der Waals surface area contributed by atoms with Gasteiger partial charge in [0.25, 0.3) is 5.91 Å². The number of para-hydroxylation sites is 1. The number of esters is 1. The molecule has 0 bridgehead atoms. The number of ether oxygens (including phenoxy) is 2. The van der Waals surface area contributed by atoms with E-state index in [0.717, 1.165) is 25.7 Å². The number of nitriles is 1. The third-order valence-electron chi connectivity index (χ3n) is 5.24. The van der Waals surface area contributed by atoms with Gasteiger partial charge in [-0.1, -0.05) is 25.0 Å². The predicted molar refractivity (Wildman–Crippen MR) is 120 cm³/mol. The fraction of sp³-hybridized carbons (Fsp3) is 0.348. The molecule has 9 nitrogen and oxygen atoms in total. The fourth-order valence-electron chi connectivity index (χ4n) is 3.52. The lowest BCUT2D eigenvalue weighted by atomic mass is 10.2. The van der Waals surface area contributed by atoms with Gasteiger partial charge in [-0.25, -0.2) is 13.2 Å². The fourth-order valence-corrected chi connectivity index (χ4v) is 5.22. The molecule has 1 heterocycles. The van der Waals surface area contributed by atoms with Crippen molar-refractivity contribution in [2.75, 3.05) is 32.1 Å². The molecule has 33 heavy (non-hydrogen) atoms. The first-order valence-electron chi connectivity index (χ1n) is 10.5. The summed E-state index contributed by atoms with van der Waals surface area (Å²) in [7, 11) is -2.51. The second kappa shape index (κ2) is 10.9. The molecule has 0 unspecified atom stereocenters. The SMILES string of the molecule is COc1ccc(C(=O)OCC(=O)Nc2ccccc2C#N)cc1S(=O)(=O)N1CCCCCC1. The molecule has 0 aromatic heterocycles. The van der Waals surface area contributed by atoms with Crippen molar-refractivity contribution in [2.45, 2.75) is 30.6 Å². The highest BCUT2D eigenvalue weighted by Crippen LogP contribution is 2.29. The Morgan fingerprint density at radius 2 is 1.79 bits per heavy atom. The first kappa shape index (κ1) is 24.2. The van der Waals surface area contributed by atoms with Crippen LogP contribution in [-0.4, -0.2) is 51.4 Å². The second-order valence-electron chi connectivity index (χ2n) is 7.47. The van der Waals surface area contributed by atoms with Crippen LogP contribution in [-0.2, 0) is 19.6 Å². The van der Waals surface area contributed by atoms with E-state index in [0.29, 0.717) is 18.8 Å². The zero-order valence-electron chi connectivity index (χ0n) is 18.2. The monoisotopic (exact) mass is 471 g/mol. The highest BCUT2D eigenvalue weighted by molar-refractivity contribution is 7.89. The van der Waals surface area contributed by atoms with Crippen LogP contribution >= 0.6 is 0 Å². The molecule has 0 atom stereocenters. The number of hydrogen-bond acceptors (Lipinski definition) is 7. The molecular formula is C23H25N3O6S. The van der Waals surface area contributed by atoms with Gasteiger partial charge in [-0.2, -0.15) is 9.57 Å². The Balaban J connectivity index is 1.73. The molecule has 1 N–H and O–H groups in total. The predicted octanol–water partition coefficient (Wildman–Crippen LogP) is 2.93. The highest BCUT2D eigenvalue weighted by atomic mass is 32.2. The van der Waals surface area contributed by atoms with Gasteiger partial charge in [0.15, 0.2) is 6.61 Å². The van der Waals surface area contributed by atoms with Gasteiger partial charge in [-0.15, -0.1) is 0 Å². The number of amides is 1. The summed E-state index contributed by atoms with van der Waals surface area (Å²) in [6.07, 6.45) is 3.48. The molecule has 1 aliphatic rings. The van der Waals surface area contributed by atoms with Crippen LogP contribution in [0, 0.1) is 11.3 Å². The van der Waals surface area contributed by atoms with Crippen molar-refractivity contribution in [1.82, 2.24) is 4.31 Å². The zero-order chi connectivity index (χ0) is 23.8. The normalized spacial score (nSPS) is 14.5. The number of sulfonamides is 1. The van der Waals surface area contributed by atoms with Crippen molar-refractivity contribution in [3.8, 4) is 11.8 Å². The van der Waals surface area contributed by atoms with Crippen molar-refractivity contribution in [3.63, 3.8) is 0 Å². The summed E-state index contributed by atoms with van der Waals surface area (Å²) in [5.41, 5.74) is 0.557. The Hall–Kier alpha value is -3.42. The molecule has 0 radical (unpaired) electrons. The maximum atomic E-state index is 13.2. The van der Waals surface area contributed by atoms with Gasteiger partial charge in [-0.05, 0) is 43.2 Å². The van der Waals surface area contributed by atoms with Gasteiger partial charge >= 0.3 is 5.97 Å². The summed E-state index contributed by atoms with van der Waals surface area (Å²) in [5.74, 6) is -1.35. The Bertz CT molecular complexity index is 1160. The molecule has 10 heteroatoms. The molecule has 3 rings (SSSR count). The number of carbonyl (C=O) groups is 2. The minimum absolute atomic E-state index is 0.0191. The summed E-state index contributed by atoms with van der Waals surface area (Å²) < 4.78 is 38.2. The summed E-state index contributed by atoms with van der Waals surface area (Å²) in [6.45, 7) is 0.216. The van der Waals surface area contributed by atoms with Crippen molar-refractivity contribution >= 4 is 27.6 Å². The first-order chi connectivity index (χ1) is 15.9. The van der Waals surface area contributed by atoms with Crippen LogP contribution in [0.15, 0.2) is 47.4 Å². The highest BCUT2D eigenvalue weighted by Gasteiger charge is 2.29. The molecule has 1 fully saturated rings. The summed E-state index contributed by atoms with van der Waals surface area (Å²) in [6, 6.07) is 12.4. The lowest BCUT2D eigenvalue weighted by Gasteiger charge is -2.21. The average molecular weight is 472 g/mol. The molecule has 0 saturated carbocycles. The molecule has 1 aliphatic heterocycles. The maximum absolute atomic E-state index is 13.2. The number of hydrogen-bond donors (Lipinski definition) is 1. The van der Waals surface area contributed by atoms with E-state index in [1.54, 1.807) is 24.3 Å². The summed E-state index contributed by atoms with van der Waals surface area (Å²) >= 11 is 0. The number of rotatable bonds is 7. The Morgan fingerprint density at radius 3 is 2.45 bits per heavy atom. The average Bonchev–Trinajstić information content (AvgIpc) is 3.13. The van der Waals surface area contributed by atoms with Crippen molar-refractivity contribution in [2.24, 2.45) is 0 Å². The van der Waals surface area contributed by atoms with Gasteiger partial charge in [-0.3, -0.25) is 4.79 Å². The molecule has 0 aliphatic carbocycles. The Kier molecular flexibility index (Phi) is 8.03. The molecule has 174 valence electrons. The van der Waals surface area contributed by atoms with E-state index < -0.39 is 28.5 Å². The van der Waals surface area contributed by atoms with Gasteiger partial charge < -0.3 is 14.8 Å². The largest absolute Gasteiger partial charge is 0.495 e. The quantitative estimate of drug-likeness (QED) is 0.615. The minimum atomic E-state index is -3.87. The van der Waals surface area contributed by atoms with Crippen LogP contribution in [0.5, 0.6) is 5.75 Å². The number of anilines is 1. The number of methoxy groups -OCH3 is 1. The topological polar surface area (TPSA) is 126 Å². The Morgan fingerprint density at radius 1 is 1.09 bits per heavy atom. The third-order valence-corrected chi connectivity index (χ3v) is 7.16. The molecule has 2 aromatic rings. The van der Waals surface area contributed by atoms with E-state index >= 15 is 0 Å². The lowest BCUT2D eigenvalue weighted by molar-refractivity contribution is -0.119. The van der Waals surface area contributed by atoms with E-state index in [1.807, 2.05) is 6.07 Å². The van der Waals surface area contributed by atoms with Crippen molar-refractivity contribution in [3.05, 3.63) is 53.6 Å². The van der Waals surface area contributed by atoms with E-state index in [-0.39, 0.29) is 21.8 Å². The van der Waals surface area contributed by atoms with Crippen molar-refractivity contribution < 1.29 is 27.5 Å². The minimum Gasteiger partial charge on any atom is -0.495 e. The van der Waals surface area contributed by atoms with Gasteiger partial charge in [0.2, 0.25) is 10.0 Å². The van der Waals surface area contributed by atoms with Crippen LogP contribution in [0.25, 0.3) is 0 Å². The van der Waals surface area contributed by atoms with Gasteiger partial charge in [0, 0.05) is 13.1 Å². The standard InChI is InChI=1S/C23H25N3O6S/c1-31-20-11-10-17(14-21(20)33(29,30)26-12-6-2-3-7-13-26)23(28)32-16-22(27)25-19-9-5-4-8-18(19)15-24/h4-5,8-11,14H,2-3,6-7,12-13,16H2,1H3,(H,25,27). The number of nitrogens with zero attached hydrogens (tertiary/aromatic N) is 2. The van der Waals surface area contributed by atoms with Crippen LogP contribution < -0.4 is 10.1 Å². The van der Waals surface area contributed by atoms with Crippen LogP contribution in [0.1, 0.15) is 41.6 Å². The molecular weight excluding hydrogens is 446 g/mol. The van der Waals surface area contributed by atoms with Crippen LogP contribution in [0.2, 0.25) is 0 Å². The van der Waals surface area contributed by atoms with Crippen LogP contribution in [0.3, 0.4) is 0 Å². The molecule has 1 amide bonds. The lowest BCUT2D eigenvalue weighted by Crippen LogP contribution is -2.32. The third kappa shape index (κ3) is 5.88. The van der Waals surface area contributed by atoms with Crippen LogP contribution in [0.4, 0.5) is 5.69 Å². The maximum Gasteiger partial charge on any atom is 0.338 e. The smallest absolute Gasteiger partial charge is 0.338 e. The number of carbonyl (C=O) groups excluding carboxylic acids is 2. The van der Waals surface area contributed by atoms with Gasteiger partial charge in [0.1, 0.15) is 16.7 Å². The molecule has 0 spiro atoms. The van der Waals surface area contributed by atoms with Crippen molar-refractivity contribution in [1.29, 1.82) is 5.26 Å². The van der Waals surface area contributed by atoms with Gasteiger partial charge in [0.05, 0.1) is 23.9 Å².